The summed E-state index contributed by atoms with van der Waals surface area (Å²) < 4.78 is 11.7. The van der Waals surface area contributed by atoms with Crippen LogP contribution in [0.3, 0.4) is 0 Å². The molecule has 0 saturated heterocycles. The Bertz CT molecular complexity index is 1890. The van der Waals surface area contributed by atoms with E-state index in [1.165, 1.54) is 36.7 Å². The van der Waals surface area contributed by atoms with Gasteiger partial charge in [-0.2, -0.15) is 5.10 Å². The number of aromatic nitrogens is 3. The molecule has 0 radical (unpaired) electrons. The Morgan fingerprint density at radius 3 is 2.40 bits per heavy atom. The number of halogens is 1. The molecule has 2 aliphatic carbocycles. The highest BCUT2D eigenvalue weighted by Crippen LogP contribution is 2.35. The number of carbonyl (C=O) groups excluding carboxylic acids is 4. The third-order valence-corrected chi connectivity index (χ3v) is 8.72. The minimum absolute atomic E-state index is 0.0118. The molecule has 0 bridgehead atoms. The number of benzene rings is 2. The molecule has 1 atom stereocenters. The van der Waals surface area contributed by atoms with Crippen molar-refractivity contribution in [1.82, 2.24) is 19.9 Å². The van der Waals surface area contributed by atoms with Crippen molar-refractivity contribution in [1.29, 1.82) is 0 Å². The summed E-state index contributed by atoms with van der Waals surface area (Å²) in [4.78, 5) is 56.5. The third-order valence-electron chi connectivity index (χ3n) is 8.36. The maximum atomic E-state index is 13.7. The number of nitrogens with one attached hydrogen (secondary N) is 1. The molecular weight excluding hydrogens is 634 g/mol. The van der Waals surface area contributed by atoms with Crippen molar-refractivity contribution >= 4 is 40.9 Å². The summed E-state index contributed by atoms with van der Waals surface area (Å²) in [6.07, 6.45) is 5.35. The van der Waals surface area contributed by atoms with E-state index in [1.54, 1.807) is 30.3 Å². The molecule has 11 nitrogen and oxygen atoms in total. The maximum absolute atomic E-state index is 13.7. The van der Waals surface area contributed by atoms with Crippen LogP contribution in [0, 0.1) is 12.8 Å². The maximum Gasteiger partial charge on any atom is 0.356 e. The quantitative estimate of drug-likeness (QED) is 0.179. The number of hydrogen-bond donors (Lipinski definition) is 2. The van der Waals surface area contributed by atoms with Gasteiger partial charge in [0.2, 0.25) is 0 Å². The van der Waals surface area contributed by atoms with Gasteiger partial charge in [-0.3, -0.25) is 9.59 Å². The minimum atomic E-state index is -0.765. The SMILES string of the molecule is COC(=O)c1cc(C(=O)N[C@H]2CCc3c2ccc(C(=O)OC(C)(C)C)c3C)n2ncc(C(=O)Cc3ccccc3Cl)c2n1.NCC1CC1. The first-order valence-electron chi connectivity index (χ1n) is 15.9. The van der Waals surface area contributed by atoms with Gasteiger partial charge in [0.05, 0.1) is 30.5 Å². The number of esters is 2. The van der Waals surface area contributed by atoms with Gasteiger partial charge in [0, 0.05) is 17.5 Å². The van der Waals surface area contributed by atoms with Crippen LogP contribution in [0.25, 0.3) is 5.65 Å². The molecule has 2 aromatic carbocycles. The zero-order chi connectivity index (χ0) is 34.7. The Labute approximate surface area is 284 Å². The Kier molecular flexibility index (Phi) is 10.3. The lowest BCUT2D eigenvalue weighted by Crippen LogP contribution is -2.30. The zero-order valence-electron chi connectivity index (χ0n) is 27.8. The topological polar surface area (TPSA) is 155 Å². The number of rotatable bonds is 8. The van der Waals surface area contributed by atoms with E-state index >= 15 is 0 Å². The predicted octanol–water partition coefficient (Wildman–Crippen LogP) is 5.63. The molecule has 4 aromatic rings. The summed E-state index contributed by atoms with van der Waals surface area (Å²) in [6, 6.07) is 11.5. The van der Waals surface area contributed by atoms with Crippen molar-refractivity contribution < 1.29 is 28.7 Å². The van der Waals surface area contributed by atoms with Gasteiger partial charge in [0.15, 0.2) is 17.1 Å². The summed E-state index contributed by atoms with van der Waals surface area (Å²) >= 11 is 6.25. The smallest absolute Gasteiger partial charge is 0.356 e. The number of methoxy groups -OCH3 is 1. The van der Waals surface area contributed by atoms with Crippen molar-refractivity contribution in [2.24, 2.45) is 11.7 Å². The van der Waals surface area contributed by atoms with Gasteiger partial charge in [0.1, 0.15) is 11.3 Å². The summed E-state index contributed by atoms with van der Waals surface area (Å²) in [5.74, 6) is -1.09. The Morgan fingerprint density at radius 2 is 1.77 bits per heavy atom. The van der Waals surface area contributed by atoms with E-state index < -0.39 is 23.4 Å². The lowest BCUT2D eigenvalue weighted by molar-refractivity contribution is 0.00681. The number of nitrogens with two attached hydrogens (primary N) is 1. The molecule has 0 unspecified atom stereocenters. The molecule has 2 aromatic heterocycles. The monoisotopic (exact) mass is 673 g/mol. The number of amides is 1. The van der Waals surface area contributed by atoms with Gasteiger partial charge in [-0.25, -0.2) is 19.1 Å². The van der Waals surface area contributed by atoms with Gasteiger partial charge in [0.25, 0.3) is 5.91 Å². The van der Waals surface area contributed by atoms with Crippen LogP contribution in [0.4, 0.5) is 0 Å². The molecule has 48 heavy (non-hydrogen) atoms. The van der Waals surface area contributed by atoms with Gasteiger partial charge in [-0.15, -0.1) is 0 Å². The lowest BCUT2D eigenvalue weighted by atomic mass is 9.97. The average Bonchev–Trinajstić information content (AvgIpc) is 3.66. The second kappa shape index (κ2) is 14.2. The van der Waals surface area contributed by atoms with Crippen LogP contribution in [0.1, 0.15) is 110 Å². The van der Waals surface area contributed by atoms with Crippen LogP contribution in [0.15, 0.2) is 48.7 Å². The highest BCUT2D eigenvalue weighted by atomic mass is 35.5. The van der Waals surface area contributed by atoms with Crippen molar-refractivity contribution in [2.45, 2.75) is 71.4 Å². The van der Waals surface area contributed by atoms with Crippen molar-refractivity contribution in [2.75, 3.05) is 13.7 Å². The van der Waals surface area contributed by atoms with Crippen LogP contribution in [0.2, 0.25) is 5.02 Å². The average molecular weight is 674 g/mol. The van der Waals surface area contributed by atoms with E-state index in [4.69, 9.17) is 26.8 Å². The number of hydrogen-bond acceptors (Lipinski definition) is 9. The molecule has 6 rings (SSSR count). The normalized spacial score (nSPS) is 15.3. The number of carbonyl (C=O) groups is 4. The van der Waals surface area contributed by atoms with Crippen LogP contribution in [0.5, 0.6) is 0 Å². The van der Waals surface area contributed by atoms with E-state index in [1.807, 2.05) is 33.8 Å². The van der Waals surface area contributed by atoms with Crippen molar-refractivity contribution in [3.63, 3.8) is 0 Å². The van der Waals surface area contributed by atoms with E-state index in [0.29, 0.717) is 29.0 Å². The Hall–Kier alpha value is -4.61. The number of Topliss-reactive ketones (excluding diaryl/α,β-unsaturated/α-hetero) is 1. The fraction of sp³-hybridized carbons (Fsp3) is 0.389. The van der Waals surface area contributed by atoms with Gasteiger partial charge >= 0.3 is 11.9 Å². The zero-order valence-corrected chi connectivity index (χ0v) is 28.5. The largest absolute Gasteiger partial charge is 0.464 e. The molecular formula is C36H40ClN5O6. The van der Waals surface area contributed by atoms with E-state index in [9.17, 15) is 19.2 Å². The second-order valence-corrected chi connectivity index (χ2v) is 13.5. The summed E-state index contributed by atoms with van der Waals surface area (Å²) in [6.45, 7) is 8.25. The molecule has 3 N–H and O–H groups in total. The third kappa shape index (κ3) is 7.74. The second-order valence-electron chi connectivity index (χ2n) is 13.1. The number of ketones is 1. The molecule has 12 heteroatoms. The fourth-order valence-corrected chi connectivity index (χ4v) is 5.81. The van der Waals surface area contributed by atoms with Crippen LogP contribution >= 0.6 is 11.6 Å². The highest BCUT2D eigenvalue weighted by molar-refractivity contribution is 6.31. The summed E-state index contributed by atoms with van der Waals surface area (Å²) in [5, 5.41) is 7.75. The number of ether oxygens (including phenoxy) is 2. The molecule has 2 heterocycles. The fourth-order valence-electron chi connectivity index (χ4n) is 5.61. The molecule has 0 aliphatic heterocycles. The molecule has 252 valence electrons. The van der Waals surface area contributed by atoms with Gasteiger partial charge in [-0.05, 0) is 100 Å². The Balaban J connectivity index is 0.000000825. The molecule has 1 fully saturated rings. The van der Waals surface area contributed by atoms with E-state index in [2.05, 4.69) is 15.4 Å². The van der Waals surface area contributed by atoms with Crippen LogP contribution < -0.4 is 11.1 Å². The standard InChI is InChI=1S/C32H31ClN4O6.C4H9N/c1-17-19-12-13-24(21(19)11-10-20(17)30(40)43-32(2,3)4)36-29(39)26-15-25(31(41)42-5)35-28-22(16-34-37(26)28)27(38)14-18-8-6-7-9-23(18)33;5-3-4-1-2-4/h6-11,15-16,24H,12-14H2,1-5H3,(H,36,39);4H,1-3,5H2/t24-;/m0./s1. The molecule has 1 saturated carbocycles. The highest BCUT2D eigenvalue weighted by Gasteiger charge is 2.31. The van der Waals surface area contributed by atoms with Crippen molar-refractivity contribution in [3.05, 3.63) is 98.5 Å². The first kappa shape index (κ1) is 34.7. The summed E-state index contributed by atoms with van der Waals surface area (Å²) in [7, 11) is 1.21. The van der Waals surface area contributed by atoms with Gasteiger partial charge < -0.3 is 20.5 Å². The number of nitrogens with zero attached hydrogens (tertiary/aromatic N) is 3. The first-order chi connectivity index (χ1) is 22.8. The van der Waals surface area contributed by atoms with Gasteiger partial charge in [-0.1, -0.05) is 35.9 Å². The predicted molar refractivity (Wildman–Crippen MR) is 180 cm³/mol. The van der Waals surface area contributed by atoms with E-state index in [0.717, 1.165) is 29.2 Å². The summed E-state index contributed by atoms with van der Waals surface area (Å²) in [5.41, 5.74) is 8.48. The van der Waals surface area contributed by atoms with Crippen LogP contribution in [-0.4, -0.2) is 57.5 Å². The van der Waals surface area contributed by atoms with Crippen LogP contribution in [-0.2, 0) is 22.3 Å². The van der Waals surface area contributed by atoms with Crippen molar-refractivity contribution in [3.8, 4) is 0 Å². The lowest BCUT2D eigenvalue weighted by Gasteiger charge is -2.21. The Morgan fingerprint density at radius 1 is 1.04 bits per heavy atom. The van der Waals surface area contributed by atoms with E-state index in [-0.39, 0.29) is 40.8 Å². The molecule has 0 spiro atoms. The molecule has 1 amide bonds. The first-order valence-corrected chi connectivity index (χ1v) is 16.3. The number of fused-ring (bicyclic) bond motifs is 2. The minimum Gasteiger partial charge on any atom is -0.464 e. The molecule has 2 aliphatic rings.